The highest BCUT2D eigenvalue weighted by molar-refractivity contribution is 6.32. The summed E-state index contributed by atoms with van der Waals surface area (Å²) < 4.78 is 28.2. The Hall–Kier alpha value is -1.10. The topological polar surface area (TPSA) is 48.1 Å². The highest BCUT2D eigenvalue weighted by Crippen LogP contribution is 2.26. The molecule has 6 heteroatoms. The van der Waals surface area contributed by atoms with E-state index in [4.69, 9.17) is 17.3 Å². The van der Waals surface area contributed by atoms with E-state index in [9.17, 15) is 8.78 Å². The van der Waals surface area contributed by atoms with Gasteiger partial charge in [0, 0.05) is 12.3 Å². The van der Waals surface area contributed by atoms with E-state index in [2.05, 4.69) is 9.72 Å². The Labute approximate surface area is 78.5 Å². The molecule has 2 N–H and O–H groups in total. The Bertz CT molecular complexity index is 296. The second-order valence-electron chi connectivity index (χ2n) is 2.22. The Balaban J connectivity index is 2.71. The first-order chi connectivity index (χ1) is 6.11. The summed E-state index contributed by atoms with van der Waals surface area (Å²) in [5.41, 5.74) is 5.48. The first kappa shape index (κ1) is 9.98. The van der Waals surface area contributed by atoms with Gasteiger partial charge in [-0.1, -0.05) is 11.6 Å². The number of nitrogens with zero attached hydrogens (tertiary/aromatic N) is 1. The van der Waals surface area contributed by atoms with Gasteiger partial charge >= 0.3 is 0 Å². The van der Waals surface area contributed by atoms with Gasteiger partial charge in [-0.25, -0.2) is 13.8 Å². The van der Waals surface area contributed by atoms with E-state index in [-0.39, 0.29) is 16.6 Å². The third-order valence-corrected chi connectivity index (χ3v) is 1.57. The number of pyridine rings is 1. The lowest BCUT2D eigenvalue weighted by atomic mass is 10.4. The molecule has 1 rings (SSSR count). The lowest BCUT2D eigenvalue weighted by molar-refractivity contribution is 0.0822. The van der Waals surface area contributed by atoms with E-state index in [1.165, 1.54) is 12.3 Å². The summed E-state index contributed by atoms with van der Waals surface area (Å²) in [7, 11) is 0. The van der Waals surface area contributed by atoms with Crippen molar-refractivity contribution >= 4 is 17.3 Å². The van der Waals surface area contributed by atoms with Crippen molar-refractivity contribution in [1.29, 1.82) is 0 Å². The molecule has 13 heavy (non-hydrogen) atoms. The van der Waals surface area contributed by atoms with Crippen LogP contribution in [0.5, 0.6) is 5.75 Å². The number of nitrogens with two attached hydrogens (primary N) is 1. The number of nitrogen functional groups attached to an aromatic ring is 1. The first-order valence-corrected chi connectivity index (χ1v) is 3.80. The van der Waals surface area contributed by atoms with Gasteiger partial charge in [0.15, 0.2) is 5.15 Å². The van der Waals surface area contributed by atoms with Gasteiger partial charge in [0.05, 0.1) is 0 Å². The van der Waals surface area contributed by atoms with E-state index < -0.39 is 13.0 Å². The van der Waals surface area contributed by atoms with E-state index in [0.717, 1.165) is 0 Å². The van der Waals surface area contributed by atoms with Gasteiger partial charge in [0.25, 0.3) is 6.43 Å². The van der Waals surface area contributed by atoms with Crippen LogP contribution in [0.15, 0.2) is 12.3 Å². The maximum atomic E-state index is 11.7. The van der Waals surface area contributed by atoms with Crippen molar-refractivity contribution in [2.75, 3.05) is 12.3 Å². The van der Waals surface area contributed by atoms with Gasteiger partial charge in [0.1, 0.15) is 18.0 Å². The minimum Gasteiger partial charge on any atom is -0.485 e. The molecule has 0 spiro atoms. The quantitative estimate of drug-likeness (QED) is 0.773. The number of ether oxygens (including phenoxy) is 1. The molecule has 1 aromatic rings. The van der Waals surface area contributed by atoms with Gasteiger partial charge < -0.3 is 10.5 Å². The molecular formula is C7H7ClF2N2O. The fourth-order valence-electron chi connectivity index (χ4n) is 0.710. The minimum absolute atomic E-state index is 0.0479. The van der Waals surface area contributed by atoms with Crippen LogP contribution in [0, 0.1) is 0 Å². The zero-order chi connectivity index (χ0) is 9.84. The number of aromatic nitrogens is 1. The lowest BCUT2D eigenvalue weighted by Gasteiger charge is -2.07. The van der Waals surface area contributed by atoms with Crippen molar-refractivity contribution in [3.05, 3.63) is 17.4 Å². The summed E-state index contributed by atoms with van der Waals surface area (Å²) in [4.78, 5) is 3.64. The van der Waals surface area contributed by atoms with Crippen molar-refractivity contribution < 1.29 is 13.5 Å². The van der Waals surface area contributed by atoms with Crippen LogP contribution < -0.4 is 10.5 Å². The molecular weight excluding hydrogens is 202 g/mol. The van der Waals surface area contributed by atoms with E-state index in [1.807, 2.05) is 0 Å². The van der Waals surface area contributed by atoms with Gasteiger partial charge in [-0.05, 0) is 0 Å². The number of rotatable bonds is 3. The number of alkyl halides is 2. The van der Waals surface area contributed by atoms with Crippen molar-refractivity contribution in [3.63, 3.8) is 0 Å². The summed E-state index contributed by atoms with van der Waals surface area (Å²) >= 11 is 5.53. The summed E-state index contributed by atoms with van der Waals surface area (Å²) in [5.74, 6) is 0.125. The van der Waals surface area contributed by atoms with Crippen LogP contribution >= 0.6 is 11.6 Å². The molecule has 1 aromatic heterocycles. The van der Waals surface area contributed by atoms with Crippen LogP contribution in [-0.2, 0) is 0 Å². The Morgan fingerprint density at radius 2 is 2.31 bits per heavy atom. The lowest BCUT2D eigenvalue weighted by Crippen LogP contribution is -2.08. The zero-order valence-corrected chi connectivity index (χ0v) is 7.26. The third-order valence-electron chi connectivity index (χ3n) is 1.27. The Morgan fingerprint density at radius 1 is 1.62 bits per heavy atom. The van der Waals surface area contributed by atoms with Gasteiger partial charge in [-0.15, -0.1) is 0 Å². The van der Waals surface area contributed by atoms with E-state index in [1.54, 1.807) is 0 Å². The molecule has 0 aliphatic heterocycles. The zero-order valence-electron chi connectivity index (χ0n) is 6.51. The number of anilines is 1. The van der Waals surface area contributed by atoms with Crippen LogP contribution in [0.4, 0.5) is 14.5 Å². The molecule has 0 bridgehead atoms. The van der Waals surface area contributed by atoms with Gasteiger partial charge in [-0.3, -0.25) is 0 Å². The Kier molecular flexibility index (Phi) is 3.25. The second-order valence-corrected chi connectivity index (χ2v) is 2.57. The molecule has 0 aliphatic rings. The Morgan fingerprint density at radius 3 is 2.92 bits per heavy atom. The number of hydrogen-bond acceptors (Lipinski definition) is 3. The molecule has 0 aliphatic carbocycles. The van der Waals surface area contributed by atoms with Crippen LogP contribution in [-0.4, -0.2) is 18.0 Å². The molecule has 1 heterocycles. The molecule has 0 atom stereocenters. The number of halogens is 3. The van der Waals surface area contributed by atoms with Crippen LogP contribution in [0.1, 0.15) is 0 Å². The highest BCUT2D eigenvalue weighted by atomic mass is 35.5. The highest BCUT2D eigenvalue weighted by Gasteiger charge is 2.08. The summed E-state index contributed by atoms with van der Waals surface area (Å²) in [6.07, 6.45) is -1.20. The molecule has 3 nitrogen and oxygen atoms in total. The van der Waals surface area contributed by atoms with Crippen LogP contribution in [0.25, 0.3) is 0 Å². The molecule has 0 fully saturated rings. The monoisotopic (exact) mass is 208 g/mol. The largest absolute Gasteiger partial charge is 0.485 e. The predicted molar refractivity (Wildman–Crippen MR) is 45.2 cm³/mol. The minimum atomic E-state index is -2.54. The number of hydrogen-bond donors (Lipinski definition) is 1. The normalized spacial score (nSPS) is 10.5. The summed E-state index contributed by atoms with van der Waals surface area (Å²) in [5, 5.41) is 0.0479. The first-order valence-electron chi connectivity index (χ1n) is 3.42. The summed E-state index contributed by atoms with van der Waals surface area (Å²) in [6, 6.07) is 1.38. The average Bonchev–Trinajstić information content (AvgIpc) is 2.07. The molecule has 0 saturated carbocycles. The average molecular weight is 209 g/mol. The summed E-state index contributed by atoms with van der Waals surface area (Å²) in [6.45, 7) is -0.704. The van der Waals surface area contributed by atoms with Gasteiger partial charge in [0.2, 0.25) is 0 Å². The third kappa shape index (κ3) is 2.69. The molecule has 0 unspecified atom stereocenters. The standard InChI is InChI=1S/C7H7ClF2N2O/c8-7-6(11)4(1-2-12-7)13-3-5(9)10/h1-2,5H,3,11H2. The molecule has 0 radical (unpaired) electrons. The van der Waals surface area contributed by atoms with Crippen molar-refractivity contribution in [3.8, 4) is 5.75 Å². The van der Waals surface area contributed by atoms with E-state index >= 15 is 0 Å². The second kappa shape index (κ2) is 4.23. The molecule has 0 amide bonds. The molecule has 0 saturated heterocycles. The van der Waals surface area contributed by atoms with Crippen molar-refractivity contribution in [1.82, 2.24) is 4.98 Å². The van der Waals surface area contributed by atoms with Gasteiger partial charge in [-0.2, -0.15) is 0 Å². The smallest absolute Gasteiger partial charge is 0.272 e. The maximum Gasteiger partial charge on any atom is 0.272 e. The van der Waals surface area contributed by atoms with Crippen molar-refractivity contribution in [2.45, 2.75) is 6.43 Å². The predicted octanol–water partition coefficient (Wildman–Crippen LogP) is 1.96. The van der Waals surface area contributed by atoms with Crippen LogP contribution in [0.3, 0.4) is 0 Å². The fourth-order valence-corrected chi connectivity index (χ4v) is 0.859. The maximum absolute atomic E-state index is 11.7. The van der Waals surface area contributed by atoms with Crippen molar-refractivity contribution in [2.24, 2.45) is 0 Å². The molecule has 72 valence electrons. The molecule has 0 aromatic carbocycles. The van der Waals surface area contributed by atoms with Crippen LogP contribution in [0.2, 0.25) is 5.15 Å². The SMILES string of the molecule is Nc1c(OCC(F)F)ccnc1Cl. The fraction of sp³-hybridized carbons (Fsp3) is 0.286. The van der Waals surface area contributed by atoms with E-state index in [0.29, 0.717) is 0 Å².